The van der Waals surface area contributed by atoms with Crippen LogP contribution in [0.3, 0.4) is 0 Å². The number of hydrogen-bond acceptors (Lipinski definition) is 11. The summed E-state index contributed by atoms with van der Waals surface area (Å²) in [4.78, 5) is 0. The minimum Gasteiger partial charge on any atom is -0.355 e. The molecule has 0 aliphatic carbocycles. The molecule has 8 atom stereocenters. The third kappa shape index (κ3) is 13.6. The molecule has 0 aliphatic rings. The number of benzene rings is 1. The Morgan fingerprint density at radius 2 is 0.784 bits per heavy atom. The lowest BCUT2D eigenvalue weighted by Crippen LogP contribution is -2.49. The van der Waals surface area contributed by atoms with Crippen LogP contribution in [0.5, 0.6) is 0 Å². The minimum atomic E-state index is -3.24. The van der Waals surface area contributed by atoms with Gasteiger partial charge in [0, 0.05) is 21.3 Å². The van der Waals surface area contributed by atoms with Crippen molar-refractivity contribution in [2.24, 2.45) is 0 Å². The lowest BCUT2D eigenvalue weighted by atomic mass is 10.1. The average molecular weight is 551 g/mol. The van der Waals surface area contributed by atoms with E-state index in [2.05, 4.69) is 0 Å². The minimum absolute atomic E-state index is 0.113. The summed E-state index contributed by atoms with van der Waals surface area (Å²) in [6.07, 6.45) is -4.38. The first-order valence-electron chi connectivity index (χ1n) is 12.4. The first-order valence-corrected chi connectivity index (χ1v) is 14.0. The maximum Gasteiger partial charge on any atom is 0.680 e. The number of ether oxygens (including phenoxy) is 7. The highest BCUT2D eigenvalue weighted by Crippen LogP contribution is 2.20. The summed E-state index contributed by atoms with van der Waals surface area (Å²) in [5, 5.41) is 0. The van der Waals surface area contributed by atoms with Gasteiger partial charge in [0.05, 0.1) is 6.10 Å². The van der Waals surface area contributed by atoms with Crippen LogP contribution >= 0.6 is 0 Å². The van der Waals surface area contributed by atoms with Gasteiger partial charge in [0.15, 0.2) is 44.0 Å². The van der Waals surface area contributed by atoms with E-state index in [9.17, 15) is 0 Å². The third-order valence-corrected chi connectivity index (χ3v) is 7.15. The fourth-order valence-corrected chi connectivity index (χ4v) is 4.78. The SMILES string of the molecule is CO[Si](OC)(OC)OC(C)OC(C)OC(C)OC(C)OC(C)OC(C)OC(C)OC(C)c1ccccc1. The van der Waals surface area contributed by atoms with Crippen LogP contribution in [0.4, 0.5) is 0 Å². The van der Waals surface area contributed by atoms with E-state index in [0.717, 1.165) is 5.56 Å². The van der Waals surface area contributed by atoms with Gasteiger partial charge >= 0.3 is 9.05 Å². The molecule has 11 nitrogen and oxygen atoms in total. The maximum absolute atomic E-state index is 5.91. The summed E-state index contributed by atoms with van der Waals surface area (Å²) in [7, 11) is 1.09. The van der Waals surface area contributed by atoms with Crippen LogP contribution in [0, 0.1) is 0 Å². The van der Waals surface area contributed by atoms with E-state index in [0.29, 0.717) is 0 Å². The molecule has 0 radical (unpaired) electrons. The number of rotatable bonds is 20. The molecule has 12 heteroatoms. The zero-order valence-corrected chi connectivity index (χ0v) is 25.0. The van der Waals surface area contributed by atoms with Gasteiger partial charge in [0.25, 0.3) is 0 Å². The van der Waals surface area contributed by atoms with Crippen molar-refractivity contribution in [2.75, 3.05) is 21.3 Å². The maximum atomic E-state index is 5.91. The normalized spacial score (nSPS) is 19.0. The van der Waals surface area contributed by atoms with Crippen LogP contribution in [0.2, 0.25) is 0 Å². The van der Waals surface area contributed by atoms with Crippen molar-refractivity contribution in [1.82, 2.24) is 0 Å². The first-order chi connectivity index (χ1) is 17.4. The van der Waals surface area contributed by atoms with Crippen LogP contribution in [0.25, 0.3) is 0 Å². The molecule has 0 fully saturated rings. The molecule has 0 amide bonds. The molecule has 0 bridgehead atoms. The van der Waals surface area contributed by atoms with Gasteiger partial charge < -0.3 is 50.9 Å². The Morgan fingerprint density at radius 3 is 1.14 bits per heavy atom. The Hall–Kier alpha value is -1.00. The Labute approximate surface area is 222 Å². The Morgan fingerprint density at radius 1 is 0.459 bits per heavy atom. The first kappa shape index (κ1) is 34.0. The van der Waals surface area contributed by atoms with Crippen molar-refractivity contribution in [2.45, 2.75) is 106 Å². The Kier molecular flexibility index (Phi) is 16.1. The molecule has 8 unspecified atom stereocenters. The van der Waals surface area contributed by atoms with Crippen molar-refractivity contribution in [3.8, 4) is 0 Å². The van der Waals surface area contributed by atoms with Crippen LogP contribution in [0.15, 0.2) is 30.3 Å². The smallest absolute Gasteiger partial charge is 0.355 e. The van der Waals surface area contributed by atoms with E-state index in [1.165, 1.54) is 21.3 Å². The third-order valence-electron chi connectivity index (χ3n) is 5.02. The van der Waals surface area contributed by atoms with Gasteiger partial charge in [-0.25, -0.2) is 0 Å². The van der Waals surface area contributed by atoms with Crippen LogP contribution in [-0.4, -0.2) is 74.4 Å². The van der Waals surface area contributed by atoms with E-state index in [4.69, 9.17) is 50.9 Å². The molecule has 37 heavy (non-hydrogen) atoms. The van der Waals surface area contributed by atoms with Crippen LogP contribution < -0.4 is 0 Å². The monoisotopic (exact) mass is 550 g/mol. The highest BCUT2D eigenvalue weighted by atomic mass is 28.4. The van der Waals surface area contributed by atoms with Crippen LogP contribution in [0.1, 0.15) is 67.1 Å². The Balaban J connectivity index is 2.34. The van der Waals surface area contributed by atoms with E-state index >= 15 is 0 Å². The molecule has 216 valence electrons. The van der Waals surface area contributed by atoms with Gasteiger partial charge in [-0.3, -0.25) is 0 Å². The van der Waals surface area contributed by atoms with Crippen molar-refractivity contribution >= 4 is 9.05 Å². The Bertz CT molecular complexity index is 701. The van der Waals surface area contributed by atoms with Gasteiger partial charge in [-0.1, -0.05) is 30.3 Å². The average Bonchev–Trinajstić information content (AvgIpc) is 2.82. The molecule has 0 saturated heterocycles. The largest absolute Gasteiger partial charge is 0.680 e. The second-order valence-corrected chi connectivity index (χ2v) is 10.7. The lowest BCUT2D eigenvalue weighted by molar-refractivity contribution is -0.339. The van der Waals surface area contributed by atoms with Crippen molar-refractivity contribution < 1.29 is 50.9 Å². The summed E-state index contributed by atoms with van der Waals surface area (Å²) in [6, 6.07) is 9.94. The quantitative estimate of drug-likeness (QED) is 0.167. The zero-order chi connectivity index (χ0) is 28.0. The molecule has 0 N–H and O–H groups in total. The highest BCUT2D eigenvalue weighted by Gasteiger charge is 2.44. The van der Waals surface area contributed by atoms with Gasteiger partial charge in [-0.05, 0) is 61.0 Å². The molecule has 0 spiro atoms. The zero-order valence-electron chi connectivity index (χ0n) is 24.0. The van der Waals surface area contributed by atoms with Crippen molar-refractivity contribution in [3.05, 3.63) is 35.9 Å². The van der Waals surface area contributed by atoms with Gasteiger partial charge in [0.1, 0.15) is 0 Å². The second-order valence-electron chi connectivity index (χ2n) is 8.21. The molecule has 1 aromatic carbocycles. The summed E-state index contributed by atoms with van der Waals surface area (Å²) in [5.74, 6) is 0. The molecule has 0 aromatic heterocycles. The van der Waals surface area contributed by atoms with Gasteiger partial charge in [-0.2, -0.15) is 0 Å². The molecule has 0 aliphatic heterocycles. The fourth-order valence-electron chi connectivity index (χ4n) is 3.53. The summed E-state index contributed by atoms with van der Waals surface area (Å²) < 4.78 is 61.6. The topological polar surface area (TPSA) is 102 Å². The fraction of sp³-hybridized carbons (Fsp3) is 0.760. The lowest BCUT2D eigenvalue weighted by Gasteiger charge is -2.30. The number of hydrogen-bond donors (Lipinski definition) is 0. The molecular formula is C25H46O11Si. The second kappa shape index (κ2) is 17.6. The molecule has 0 saturated carbocycles. The molecule has 1 aromatic rings. The molecular weight excluding hydrogens is 504 g/mol. The van der Waals surface area contributed by atoms with Crippen molar-refractivity contribution in [1.29, 1.82) is 0 Å². The van der Waals surface area contributed by atoms with E-state index < -0.39 is 53.1 Å². The van der Waals surface area contributed by atoms with E-state index in [1.807, 2.05) is 44.2 Å². The van der Waals surface area contributed by atoms with Crippen molar-refractivity contribution in [3.63, 3.8) is 0 Å². The molecule has 1 rings (SSSR count). The van der Waals surface area contributed by atoms with E-state index in [1.54, 1.807) is 41.5 Å². The summed E-state index contributed by atoms with van der Waals surface area (Å²) in [6.45, 7) is 14.2. The highest BCUT2D eigenvalue weighted by molar-refractivity contribution is 6.53. The van der Waals surface area contributed by atoms with Gasteiger partial charge in [0.2, 0.25) is 0 Å². The van der Waals surface area contributed by atoms with Gasteiger partial charge in [-0.15, -0.1) is 0 Å². The molecule has 0 heterocycles. The standard InChI is InChI=1S/C25H46O11Si/c1-17(25-15-13-12-14-16-25)29-18(2)30-19(3)31-20(4)32-21(5)33-22(6)34-23(7)35-24(8)36-37(26-9,27-10)28-11/h12-24H,1-11H3. The summed E-state index contributed by atoms with van der Waals surface area (Å²) in [5.41, 5.74) is 1.07. The predicted octanol–water partition coefficient (Wildman–Crippen LogP) is 4.68. The van der Waals surface area contributed by atoms with Crippen LogP contribution in [-0.2, 0) is 50.9 Å². The summed E-state index contributed by atoms with van der Waals surface area (Å²) >= 11 is 0. The van der Waals surface area contributed by atoms with E-state index in [-0.39, 0.29) is 6.10 Å². The predicted molar refractivity (Wildman–Crippen MR) is 137 cm³/mol.